The lowest BCUT2D eigenvalue weighted by Crippen LogP contribution is -2.34. The van der Waals surface area contributed by atoms with Crippen LogP contribution in [0.1, 0.15) is 35.7 Å². The standard InChI is InChI=1S/C16H21N3O/c1-10-16(11(2)19-18-10)17-14-7-13(8-14)12-5-4-6-15(9-12)20-3/h4-6,9,13-14,17H,7-8H2,1-3H3,(H,18,19). The Kier molecular flexibility index (Phi) is 3.38. The van der Waals surface area contributed by atoms with E-state index in [0.717, 1.165) is 30.0 Å². The summed E-state index contributed by atoms with van der Waals surface area (Å²) in [5.74, 6) is 1.58. The lowest BCUT2D eigenvalue weighted by Gasteiger charge is -2.37. The number of aromatic nitrogens is 2. The first-order valence-electron chi connectivity index (χ1n) is 7.09. The highest BCUT2D eigenvalue weighted by atomic mass is 16.5. The number of anilines is 1. The molecule has 0 atom stereocenters. The monoisotopic (exact) mass is 271 g/mol. The number of aryl methyl sites for hydroxylation is 2. The molecule has 2 N–H and O–H groups in total. The van der Waals surface area contributed by atoms with Gasteiger partial charge in [0.2, 0.25) is 0 Å². The van der Waals surface area contributed by atoms with Crippen molar-refractivity contribution in [3.63, 3.8) is 0 Å². The number of methoxy groups -OCH3 is 1. The molecule has 20 heavy (non-hydrogen) atoms. The fraction of sp³-hybridized carbons (Fsp3) is 0.438. The molecule has 2 aromatic rings. The molecule has 3 rings (SSSR count). The van der Waals surface area contributed by atoms with Crippen molar-refractivity contribution >= 4 is 5.69 Å². The molecule has 0 amide bonds. The van der Waals surface area contributed by atoms with Crippen molar-refractivity contribution < 1.29 is 4.74 Å². The largest absolute Gasteiger partial charge is 0.497 e. The van der Waals surface area contributed by atoms with E-state index in [1.165, 1.54) is 11.3 Å². The first-order valence-corrected chi connectivity index (χ1v) is 7.09. The Morgan fingerprint density at radius 2 is 2.10 bits per heavy atom. The van der Waals surface area contributed by atoms with Crippen molar-refractivity contribution in [3.8, 4) is 5.75 Å². The SMILES string of the molecule is COc1cccc(C2CC(Nc3c(C)n[nH]c3C)C2)c1. The van der Waals surface area contributed by atoms with Crippen molar-refractivity contribution in [2.45, 2.75) is 38.6 Å². The number of hydrogen-bond donors (Lipinski definition) is 2. The number of hydrogen-bond acceptors (Lipinski definition) is 3. The number of aromatic amines is 1. The first kappa shape index (κ1) is 13.0. The third-order valence-electron chi connectivity index (χ3n) is 4.18. The molecule has 1 fully saturated rings. The molecule has 1 aliphatic carbocycles. The molecule has 0 saturated heterocycles. The van der Waals surface area contributed by atoms with Gasteiger partial charge in [0.25, 0.3) is 0 Å². The molecule has 1 saturated carbocycles. The van der Waals surface area contributed by atoms with Crippen LogP contribution in [-0.2, 0) is 0 Å². The lowest BCUT2D eigenvalue weighted by molar-refractivity contribution is 0.370. The van der Waals surface area contributed by atoms with Crippen LogP contribution in [0.25, 0.3) is 0 Å². The molecular formula is C16H21N3O. The normalized spacial score (nSPS) is 21.4. The van der Waals surface area contributed by atoms with Crippen LogP contribution in [-0.4, -0.2) is 23.3 Å². The lowest BCUT2D eigenvalue weighted by atomic mass is 9.75. The minimum Gasteiger partial charge on any atom is -0.497 e. The van der Waals surface area contributed by atoms with E-state index in [2.05, 4.69) is 40.6 Å². The smallest absolute Gasteiger partial charge is 0.119 e. The van der Waals surface area contributed by atoms with Gasteiger partial charge in [-0.2, -0.15) is 5.10 Å². The van der Waals surface area contributed by atoms with Gasteiger partial charge in [0.05, 0.1) is 24.2 Å². The average molecular weight is 271 g/mol. The van der Waals surface area contributed by atoms with Gasteiger partial charge in [-0.1, -0.05) is 12.1 Å². The molecule has 0 unspecified atom stereocenters. The second-order valence-electron chi connectivity index (χ2n) is 5.60. The molecule has 0 bridgehead atoms. The number of rotatable bonds is 4. The van der Waals surface area contributed by atoms with E-state index < -0.39 is 0 Å². The fourth-order valence-corrected chi connectivity index (χ4v) is 2.87. The quantitative estimate of drug-likeness (QED) is 0.896. The van der Waals surface area contributed by atoms with Crippen molar-refractivity contribution in [2.24, 2.45) is 0 Å². The Hall–Kier alpha value is -1.97. The van der Waals surface area contributed by atoms with E-state index in [9.17, 15) is 0 Å². The van der Waals surface area contributed by atoms with Gasteiger partial charge in [-0.3, -0.25) is 5.10 Å². The van der Waals surface area contributed by atoms with Gasteiger partial charge in [-0.25, -0.2) is 0 Å². The highest BCUT2D eigenvalue weighted by molar-refractivity contribution is 5.52. The fourth-order valence-electron chi connectivity index (χ4n) is 2.87. The summed E-state index contributed by atoms with van der Waals surface area (Å²) in [7, 11) is 1.72. The number of nitrogens with one attached hydrogen (secondary N) is 2. The van der Waals surface area contributed by atoms with E-state index in [0.29, 0.717) is 12.0 Å². The summed E-state index contributed by atoms with van der Waals surface area (Å²) < 4.78 is 5.29. The minimum absolute atomic E-state index is 0.543. The van der Waals surface area contributed by atoms with Gasteiger partial charge < -0.3 is 10.1 Å². The molecule has 1 aliphatic rings. The Morgan fingerprint density at radius 3 is 2.75 bits per heavy atom. The van der Waals surface area contributed by atoms with Gasteiger partial charge in [-0.15, -0.1) is 0 Å². The third kappa shape index (κ3) is 2.38. The van der Waals surface area contributed by atoms with Crippen LogP contribution < -0.4 is 10.1 Å². The second-order valence-corrected chi connectivity index (χ2v) is 5.60. The van der Waals surface area contributed by atoms with Gasteiger partial charge in [0.15, 0.2) is 0 Å². The molecule has 0 aliphatic heterocycles. The van der Waals surface area contributed by atoms with E-state index in [4.69, 9.17) is 4.74 Å². The van der Waals surface area contributed by atoms with Crippen LogP contribution in [0.5, 0.6) is 5.75 Å². The molecule has 1 aromatic heterocycles. The molecule has 106 valence electrons. The Morgan fingerprint density at radius 1 is 1.30 bits per heavy atom. The molecule has 4 heteroatoms. The molecule has 1 heterocycles. The van der Waals surface area contributed by atoms with Crippen molar-refractivity contribution in [1.82, 2.24) is 10.2 Å². The topological polar surface area (TPSA) is 49.9 Å². The maximum Gasteiger partial charge on any atom is 0.119 e. The predicted octanol–water partition coefficient (Wildman–Crippen LogP) is 3.39. The molecule has 4 nitrogen and oxygen atoms in total. The number of ether oxygens (including phenoxy) is 1. The molecule has 0 spiro atoms. The van der Waals surface area contributed by atoms with Crippen LogP contribution in [0.15, 0.2) is 24.3 Å². The summed E-state index contributed by atoms with van der Waals surface area (Å²) in [6.45, 7) is 4.09. The van der Waals surface area contributed by atoms with Crippen LogP contribution in [0.3, 0.4) is 0 Å². The van der Waals surface area contributed by atoms with Crippen LogP contribution >= 0.6 is 0 Å². The summed E-state index contributed by atoms with van der Waals surface area (Å²) in [6.07, 6.45) is 2.33. The van der Waals surface area contributed by atoms with Crippen LogP contribution in [0.2, 0.25) is 0 Å². The zero-order valence-corrected chi connectivity index (χ0v) is 12.2. The highest BCUT2D eigenvalue weighted by Crippen LogP contribution is 2.39. The average Bonchev–Trinajstić information content (AvgIpc) is 2.73. The number of benzene rings is 1. The van der Waals surface area contributed by atoms with Crippen LogP contribution in [0, 0.1) is 13.8 Å². The molecule has 1 aromatic carbocycles. The Labute approximate surface area is 119 Å². The van der Waals surface area contributed by atoms with Gasteiger partial charge in [-0.05, 0) is 50.3 Å². The van der Waals surface area contributed by atoms with E-state index in [1.54, 1.807) is 7.11 Å². The molecule has 0 radical (unpaired) electrons. The summed E-state index contributed by atoms with van der Waals surface area (Å²) in [5, 5.41) is 10.8. The summed E-state index contributed by atoms with van der Waals surface area (Å²) in [5.41, 5.74) is 4.71. The minimum atomic E-state index is 0.543. The first-order chi connectivity index (χ1) is 9.67. The Balaban J connectivity index is 1.61. The van der Waals surface area contributed by atoms with E-state index in [-0.39, 0.29) is 0 Å². The number of nitrogens with zero attached hydrogens (tertiary/aromatic N) is 1. The summed E-state index contributed by atoms with van der Waals surface area (Å²) in [6, 6.07) is 8.95. The van der Waals surface area contributed by atoms with Crippen molar-refractivity contribution in [3.05, 3.63) is 41.2 Å². The Bertz CT molecular complexity index is 580. The van der Waals surface area contributed by atoms with Crippen molar-refractivity contribution in [1.29, 1.82) is 0 Å². The highest BCUT2D eigenvalue weighted by Gasteiger charge is 2.31. The zero-order valence-electron chi connectivity index (χ0n) is 12.2. The maximum atomic E-state index is 5.29. The third-order valence-corrected chi connectivity index (χ3v) is 4.18. The second kappa shape index (κ2) is 5.19. The van der Waals surface area contributed by atoms with Crippen molar-refractivity contribution in [2.75, 3.05) is 12.4 Å². The van der Waals surface area contributed by atoms with E-state index >= 15 is 0 Å². The molecular weight excluding hydrogens is 250 g/mol. The summed E-state index contributed by atoms with van der Waals surface area (Å²) >= 11 is 0. The summed E-state index contributed by atoms with van der Waals surface area (Å²) in [4.78, 5) is 0. The van der Waals surface area contributed by atoms with Gasteiger partial charge in [0.1, 0.15) is 5.75 Å². The van der Waals surface area contributed by atoms with Gasteiger partial charge in [0, 0.05) is 6.04 Å². The predicted molar refractivity (Wildman–Crippen MR) is 80.4 cm³/mol. The van der Waals surface area contributed by atoms with E-state index in [1.807, 2.05) is 13.0 Å². The maximum absolute atomic E-state index is 5.29. The zero-order chi connectivity index (χ0) is 14.1. The van der Waals surface area contributed by atoms with Crippen LogP contribution in [0.4, 0.5) is 5.69 Å². The van der Waals surface area contributed by atoms with Gasteiger partial charge >= 0.3 is 0 Å². The number of H-pyrrole nitrogens is 1.